The van der Waals surface area contributed by atoms with Gasteiger partial charge in [-0.2, -0.15) is 0 Å². The summed E-state index contributed by atoms with van der Waals surface area (Å²) < 4.78 is 7.99. The van der Waals surface area contributed by atoms with Gasteiger partial charge < -0.3 is 9.88 Å². The van der Waals surface area contributed by atoms with Gasteiger partial charge in [-0.25, -0.2) is 0 Å². The maximum absolute atomic E-state index is 4.00. The van der Waals surface area contributed by atoms with Gasteiger partial charge in [-0.15, -0.1) is 22.7 Å². The molecule has 1 aliphatic heterocycles. The quantitative estimate of drug-likeness (QED) is 0.175. The first-order valence-electron chi connectivity index (χ1n) is 22.8. The van der Waals surface area contributed by atoms with Gasteiger partial charge in [0.25, 0.3) is 0 Å². The number of benzene rings is 8. The fourth-order valence-corrected chi connectivity index (χ4v) is 13.5. The molecule has 4 heterocycles. The van der Waals surface area contributed by atoms with Gasteiger partial charge in [0.05, 0.1) is 5.52 Å². The third-order valence-corrected chi connectivity index (χ3v) is 17.0. The van der Waals surface area contributed by atoms with Crippen LogP contribution in [0.2, 0.25) is 0 Å². The summed E-state index contributed by atoms with van der Waals surface area (Å²) >= 11 is 3.83. The van der Waals surface area contributed by atoms with Crippen LogP contribution in [0.4, 0.5) is 11.4 Å². The lowest BCUT2D eigenvalue weighted by Gasteiger charge is -2.27. The van der Waals surface area contributed by atoms with E-state index in [1.807, 2.05) is 22.7 Å². The van der Waals surface area contributed by atoms with Crippen LogP contribution in [0.3, 0.4) is 0 Å². The Morgan fingerprint density at radius 1 is 0.500 bits per heavy atom. The molecule has 1 aliphatic carbocycles. The van der Waals surface area contributed by atoms with Crippen molar-refractivity contribution in [2.75, 3.05) is 5.32 Å². The number of hydrogen-bond acceptors (Lipinski definition) is 3. The van der Waals surface area contributed by atoms with E-state index in [-0.39, 0.29) is 16.2 Å². The van der Waals surface area contributed by atoms with Gasteiger partial charge in [-0.3, -0.25) is 0 Å². The zero-order valence-corrected chi connectivity index (χ0v) is 39.4. The predicted molar refractivity (Wildman–Crippen MR) is 283 cm³/mol. The van der Waals surface area contributed by atoms with Crippen molar-refractivity contribution in [3.63, 3.8) is 0 Å². The molecule has 0 amide bonds. The van der Waals surface area contributed by atoms with Crippen LogP contribution in [-0.2, 0) is 16.2 Å². The molecule has 0 bridgehead atoms. The maximum Gasteiger partial charge on any atom is 0.198 e. The first kappa shape index (κ1) is 38.3. The van der Waals surface area contributed by atoms with E-state index in [1.165, 1.54) is 123 Å². The minimum absolute atomic E-state index is 0.0780. The average molecular weight is 861 g/mol. The third-order valence-electron chi connectivity index (χ3n) is 14.7. The SMILES string of the molecule is CC(C)(C)c1ccc(Nc2cc3c(cc2-c2ccc4c5cc6sc7ccccc7c6cc5n5c4c2Bc2cc4c(cc2-5)-c2ccccc2C4(C)C)sc2cc(C(C)(C)C)ccc23)cc1. The molecule has 11 aromatic rings. The summed E-state index contributed by atoms with van der Waals surface area (Å²) in [5.41, 5.74) is 19.8. The van der Waals surface area contributed by atoms with Gasteiger partial charge in [0.2, 0.25) is 0 Å². The Kier molecular flexibility index (Phi) is 7.78. The van der Waals surface area contributed by atoms with Crippen molar-refractivity contribution >= 4 is 114 Å². The molecule has 310 valence electrons. The molecule has 1 N–H and O–H groups in total. The van der Waals surface area contributed by atoms with Crippen LogP contribution in [0.5, 0.6) is 0 Å². The summed E-state index contributed by atoms with van der Waals surface area (Å²) in [5, 5.41) is 11.9. The lowest BCUT2D eigenvalue weighted by molar-refractivity contribution is 0.590. The molecule has 0 unspecified atom stereocenters. The summed E-state index contributed by atoms with van der Waals surface area (Å²) in [6, 6.07) is 54.0. The fourth-order valence-electron chi connectivity index (χ4n) is 11.2. The fraction of sp³-hybridized carbons (Fsp3) is 0.186. The van der Waals surface area contributed by atoms with Gasteiger partial charge in [0.1, 0.15) is 0 Å². The second kappa shape index (κ2) is 13.0. The van der Waals surface area contributed by atoms with Crippen LogP contribution in [-0.4, -0.2) is 11.8 Å². The van der Waals surface area contributed by atoms with Crippen molar-refractivity contribution in [1.82, 2.24) is 4.57 Å². The van der Waals surface area contributed by atoms with Crippen LogP contribution in [0.25, 0.3) is 90.1 Å². The summed E-state index contributed by atoms with van der Waals surface area (Å²) in [4.78, 5) is 0. The lowest BCUT2D eigenvalue weighted by atomic mass is 9.58. The standard InChI is InChI=1S/C59H49BN2S2/c1-57(2,3)32-17-20-34(21-18-32)61-48-26-43-37-22-19-33(58(4,5)6)25-52(37)64-53(43)29-41(48)38-23-24-39-42-30-54-44(36-14-10-12-16-51(36)63-54)28-49(42)62-50-27-40-35-13-9-11-15-45(35)59(7,8)46(40)31-47(50)60-55(38)56(39)62/h9-31,60-61H,1-8H3. The van der Waals surface area contributed by atoms with Crippen molar-refractivity contribution in [3.8, 4) is 27.9 Å². The highest BCUT2D eigenvalue weighted by Crippen LogP contribution is 2.51. The van der Waals surface area contributed by atoms with Crippen LogP contribution in [0.1, 0.15) is 77.6 Å². The molecular formula is C59H49BN2S2. The average Bonchev–Trinajstić information content (AvgIpc) is 3.98. The molecule has 8 aromatic carbocycles. The van der Waals surface area contributed by atoms with Gasteiger partial charge in [-0.05, 0) is 110 Å². The molecule has 0 saturated carbocycles. The van der Waals surface area contributed by atoms with Crippen molar-refractivity contribution in [2.45, 2.75) is 71.6 Å². The van der Waals surface area contributed by atoms with E-state index in [2.05, 4.69) is 205 Å². The van der Waals surface area contributed by atoms with Crippen molar-refractivity contribution < 1.29 is 0 Å². The summed E-state index contributed by atoms with van der Waals surface area (Å²) in [7, 11) is 0.856. The monoisotopic (exact) mass is 860 g/mol. The Bertz CT molecular complexity index is 3820. The van der Waals surface area contributed by atoms with E-state index >= 15 is 0 Å². The van der Waals surface area contributed by atoms with Crippen molar-refractivity contribution in [1.29, 1.82) is 0 Å². The number of nitrogens with one attached hydrogen (secondary N) is 1. The molecule has 2 aliphatic rings. The molecule has 0 saturated heterocycles. The molecular weight excluding hydrogens is 812 g/mol. The van der Waals surface area contributed by atoms with Gasteiger partial charge in [-0.1, -0.05) is 146 Å². The van der Waals surface area contributed by atoms with Crippen molar-refractivity contribution in [3.05, 3.63) is 162 Å². The largest absolute Gasteiger partial charge is 0.355 e. The molecule has 2 nitrogen and oxygen atoms in total. The van der Waals surface area contributed by atoms with Crippen LogP contribution >= 0.6 is 22.7 Å². The molecule has 0 spiro atoms. The van der Waals surface area contributed by atoms with Gasteiger partial charge in [0, 0.05) is 84.7 Å². The van der Waals surface area contributed by atoms with E-state index in [9.17, 15) is 0 Å². The Morgan fingerprint density at radius 3 is 1.98 bits per heavy atom. The number of nitrogens with zero attached hydrogens (tertiary/aromatic N) is 1. The summed E-state index contributed by atoms with van der Waals surface area (Å²) in [5.74, 6) is 0. The van der Waals surface area contributed by atoms with Crippen LogP contribution in [0.15, 0.2) is 140 Å². The number of anilines is 2. The number of hydrogen-bond donors (Lipinski definition) is 1. The van der Waals surface area contributed by atoms with Crippen molar-refractivity contribution in [2.24, 2.45) is 0 Å². The second-order valence-corrected chi connectivity index (χ2v) is 23.2. The van der Waals surface area contributed by atoms with E-state index in [0.29, 0.717) is 0 Å². The Hall–Kier alpha value is -6.14. The van der Waals surface area contributed by atoms with E-state index < -0.39 is 0 Å². The van der Waals surface area contributed by atoms with Gasteiger partial charge >= 0.3 is 0 Å². The number of thiophene rings is 2. The number of aromatic nitrogens is 1. The molecule has 13 rings (SSSR count). The second-order valence-electron chi connectivity index (χ2n) is 21.1. The smallest absolute Gasteiger partial charge is 0.198 e. The molecule has 0 atom stereocenters. The molecule has 5 heteroatoms. The Morgan fingerprint density at radius 2 is 1.17 bits per heavy atom. The third kappa shape index (κ3) is 5.44. The Labute approximate surface area is 383 Å². The molecule has 3 aromatic heterocycles. The van der Waals surface area contributed by atoms with E-state index in [0.717, 1.165) is 18.7 Å². The zero-order valence-electron chi connectivity index (χ0n) is 37.7. The summed E-state index contributed by atoms with van der Waals surface area (Å²) in [6.45, 7) is 18.6. The topological polar surface area (TPSA) is 17.0 Å². The number of fused-ring (bicyclic) bond motifs is 14. The van der Waals surface area contributed by atoms with Gasteiger partial charge in [0.15, 0.2) is 7.28 Å². The summed E-state index contributed by atoms with van der Waals surface area (Å²) in [6.07, 6.45) is 0. The normalized spacial score (nSPS) is 14.2. The highest BCUT2D eigenvalue weighted by atomic mass is 32.1. The minimum atomic E-state index is -0.0880. The first-order chi connectivity index (χ1) is 30.7. The molecule has 0 radical (unpaired) electrons. The zero-order chi connectivity index (χ0) is 43.6. The highest BCUT2D eigenvalue weighted by molar-refractivity contribution is 7.26. The number of rotatable bonds is 3. The Balaban J connectivity index is 1.10. The van der Waals surface area contributed by atoms with E-state index in [1.54, 1.807) is 0 Å². The minimum Gasteiger partial charge on any atom is -0.355 e. The predicted octanol–water partition coefficient (Wildman–Crippen LogP) is 15.5. The van der Waals surface area contributed by atoms with Crippen LogP contribution < -0.4 is 16.2 Å². The maximum atomic E-state index is 4.00. The van der Waals surface area contributed by atoms with Crippen LogP contribution in [0, 0.1) is 0 Å². The first-order valence-corrected chi connectivity index (χ1v) is 24.4. The highest BCUT2D eigenvalue weighted by Gasteiger charge is 2.38. The molecule has 0 fully saturated rings. The lowest BCUT2D eigenvalue weighted by Crippen LogP contribution is -2.38. The van der Waals surface area contributed by atoms with E-state index in [4.69, 9.17) is 0 Å². The molecule has 64 heavy (non-hydrogen) atoms.